The Morgan fingerprint density at radius 1 is 1.22 bits per heavy atom. The van der Waals surface area contributed by atoms with Gasteiger partial charge in [-0.15, -0.1) is 10.2 Å². The normalized spacial score (nSPS) is 11.8. The van der Waals surface area contributed by atoms with E-state index in [9.17, 15) is 0 Å². The standard InChI is InChI=1S/C20H24ClN5S/c1-14(2)11-25-15(3)9-18(16(25)4)10-23-26-13-22-24-20(26)27-12-17-5-7-19(21)8-6-17/h5-10,13-14H,11-12H2,1-4H3/b23-10-. The molecule has 7 heteroatoms. The average molecular weight is 402 g/mol. The molecule has 0 bridgehead atoms. The van der Waals surface area contributed by atoms with Gasteiger partial charge in [0.15, 0.2) is 0 Å². The van der Waals surface area contributed by atoms with Gasteiger partial charge in [0.2, 0.25) is 5.16 Å². The van der Waals surface area contributed by atoms with Crippen LogP contribution in [0.5, 0.6) is 0 Å². The summed E-state index contributed by atoms with van der Waals surface area (Å²) in [7, 11) is 0. The van der Waals surface area contributed by atoms with Crippen LogP contribution in [0.4, 0.5) is 0 Å². The second-order valence-corrected chi connectivity index (χ2v) is 8.33. The molecule has 27 heavy (non-hydrogen) atoms. The van der Waals surface area contributed by atoms with Gasteiger partial charge in [-0.05, 0) is 43.5 Å². The maximum Gasteiger partial charge on any atom is 0.212 e. The van der Waals surface area contributed by atoms with Gasteiger partial charge >= 0.3 is 0 Å². The van der Waals surface area contributed by atoms with Crippen LogP contribution in [0, 0.1) is 19.8 Å². The monoisotopic (exact) mass is 401 g/mol. The van der Waals surface area contributed by atoms with Crippen molar-refractivity contribution in [2.75, 3.05) is 0 Å². The number of aromatic nitrogens is 4. The van der Waals surface area contributed by atoms with E-state index in [1.807, 2.05) is 30.5 Å². The van der Waals surface area contributed by atoms with Gasteiger partial charge in [-0.2, -0.15) is 9.78 Å². The van der Waals surface area contributed by atoms with E-state index in [0.29, 0.717) is 5.92 Å². The summed E-state index contributed by atoms with van der Waals surface area (Å²) in [6.45, 7) is 9.75. The van der Waals surface area contributed by atoms with Gasteiger partial charge in [-0.25, -0.2) is 0 Å². The van der Waals surface area contributed by atoms with Crippen molar-refractivity contribution in [1.82, 2.24) is 19.4 Å². The molecule has 3 aromatic rings. The van der Waals surface area contributed by atoms with E-state index in [-0.39, 0.29) is 0 Å². The zero-order valence-corrected chi connectivity index (χ0v) is 17.6. The second kappa shape index (κ2) is 8.76. The first kappa shape index (κ1) is 19.7. The predicted octanol–water partition coefficient (Wildman–Crippen LogP) is 5.18. The molecule has 0 spiro atoms. The molecule has 0 aliphatic rings. The number of aryl methyl sites for hydroxylation is 1. The largest absolute Gasteiger partial charge is 0.348 e. The molecular weight excluding hydrogens is 378 g/mol. The summed E-state index contributed by atoms with van der Waals surface area (Å²) in [5.41, 5.74) is 4.78. The molecule has 0 amide bonds. The van der Waals surface area contributed by atoms with E-state index in [1.165, 1.54) is 17.0 Å². The van der Waals surface area contributed by atoms with Gasteiger partial charge in [0.05, 0.1) is 6.21 Å². The summed E-state index contributed by atoms with van der Waals surface area (Å²) in [6.07, 6.45) is 3.52. The second-order valence-electron chi connectivity index (χ2n) is 6.95. The average Bonchev–Trinajstić information content (AvgIpc) is 3.18. The van der Waals surface area contributed by atoms with Crippen LogP contribution in [0.1, 0.15) is 36.4 Å². The Morgan fingerprint density at radius 3 is 2.67 bits per heavy atom. The molecule has 0 atom stereocenters. The zero-order chi connectivity index (χ0) is 19.4. The van der Waals surface area contributed by atoms with Crippen LogP contribution >= 0.6 is 23.4 Å². The summed E-state index contributed by atoms with van der Waals surface area (Å²) in [4.78, 5) is 0. The van der Waals surface area contributed by atoms with Crippen molar-refractivity contribution in [2.24, 2.45) is 11.0 Å². The third-order valence-corrected chi connectivity index (χ3v) is 5.52. The third-order valence-electron chi connectivity index (χ3n) is 4.26. The minimum atomic E-state index is 0.605. The van der Waals surface area contributed by atoms with Gasteiger partial charge in [-0.1, -0.05) is 49.3 Å². The lowest BCUT2D eigenvalue weighted by Crippen LogP contribution is -2.08. The first-order valence-corrected chi connectivity index (χ1v) is 10.3. The molecule has 0 aliphatic carbocycles. The topological polar surface area (TPSA) is 48.0 Å². The molecule has 0 aliphatic heterocycles. The van der Waals surface area contributed by atoms with Crippen molar-refractivity contribution in [3.05, 3.63) is 64.2 Å². The fraction of sp³-hybridized carbons (Fsp3) is 0.350. The molecule has 2 heterocycles. The molecule has 142 valence electrons. The van der Waals surface area contributed by atoms with Crippen LogP contribution in [-0.2, 0) is 12.3 Å². The lowest BCUT2D eigenvalue weighted by Gasteiger charge is -2.11. The Morgan fingerprint density at radius 2 is 1.96 bits per heavy atom. The van der Waals surface area contributed by atoms with Crippen molar-refractivity contribution < 1.29 is 0 Å². The van der Waals surface area contributed by atoms with E-state index in [4.69, 9.17) is 11.6 Å². The van der Waals surface area contributed by atoms with Crippen LogP contribution < -0.4 is 0 Å². The molecular formula is C20H24ClN5S. The molecule has 0 unspecified atom stereocenters. The number of nitrogens with zero attached hydrogens (tertiary/aromatic N) is 5. The molecule has 0 N–H and O–H groups in total. The number of thioether (sulfide) groups is 1. The van der Waals surface area contributed by atoms with Crippen LogP contribution in [0.25, 0.3) is 0 Å². The van der Waals surface area contributed by atoms with Crippen LogP contribution in [0.15, 0.2) is 46.9 Å². The molecule has 2 aromatic heterocycles. The third kappa shape index (κ3) is 5.02. The van der Waals surface area contributed by atoms with Gasteiger partial charge in [0.1, 0.15) is 6.33 Å². The molecule has 0 radical (unpaired) electrons. The molecule has 3 rings (SSSR count). The SMILES string of the molecule is Cc1cc(/C=N\n2cnnc2SCc2ccc(Cl)cc2)c(C)n1CC(C)C. The van der Waals surface area contributed by atoms with E-state index in [2.05, 4.69) is 53.6 Å². The fourth-order valence-electron chi connectivity index (χ4n) is 2.85. The Labute approximate surface area is 169 Å². The first-order valence-electron chi connectivity index (χ1n) is 8.92. The Balaban J connectivity index is 1.72. The van der Waals surface area contributed by atoms with Crippen molar-refractivity contribution in [1.29, 1.82) is 0 Å². The maximum absolute atomic E-state index is 5.94. The van der Waals surface area contributed by atoms with Crippen molar-refractivity contribution >= 4 is 29.6 Å². The Kier molecular flexibility index (Phi) is 6.39. The van der Waals surface area contributed by atoms with Crippen LogP contribution in [0.3, 0.4) is 0 Å². The maximum atomic E-state index is 5.94. The van der Waals surface area contributed by atoms with Gasteiger partial charge in [0.25, 0.3) is 0 Å². The van der Waals surface area contributed by atoms with Crippen molar-refractivity contribution in [3.8, 4) is 0 Å². The van der Waals surface area contributed by atoms with Gasteiger partial charge in [0, 0.05) is 34.3 Å². The highest BCUT2D eigenvalue weighted by Gasteiger charge is 2.09. The predicted molar refractivity (Wildman–Crippen MR) is 113 cm³/mol. The van der Waals surface area contributed by atoms with Crippen LogP contribution in [0.2, 0.25) is 5.02 Å². The summed E-state index contributed by atoms with van der Waals surface area (Å²) in [5.74, 6) is 1.39. The highest BCUT2D eigenvalue weighted by Crippen LogP contribution is 2.22. The van der Waals surface area contributed by atoms with E-state index < -0.39 is 0 Å². The minimum Gasteiger partial charge on any atom is -0.348 e. The van der Waals surface area contributed by atoms with E-state index in [1.54, 1.807) is 22.8 Å². The van der Waals surface area contributed by atoms with Gasteiger partial charge in [-0.3, -0.25) is 0 Å². The summed E-state index contributed by atoms with van der Waals surface area (Å²) in [5, 5.41) is 14.2. The Bertz CT molecular complexity index is 925. The van der Waals surface area contributed by atoms with E-state index >= 15 is 0 Å². The molecule has 0 fully saturated rings. The summed E-state index contributed by atoms with van der Waals surface area (Å²) in [6, 6.07) is 10.00. The lowest BCUT2D eigenvalue weighted by atomic mass is 10.2. The Hall–Kier alpha value is -2.05. The first-order chi connectivity index (χ1) is 12.9. The smallest absolute Gasteiger partial charge is 0.212 e. The fourth-order valence-corrected chi connectivity index (χ4v) is 3.80. The molecule has 5 nitrogen and oxygen atoms in total. The number of hydrogen-bond acceptors (Lipinski definition) is 4. The van der Waals surface area contributed by atoms with Gasteiger partial charge < -0.3 is 4.57 Å². The number of rotatable bonds is 7. The number of hydrogen-bond donors (Lipinski definition) is 0. The zero-order valence-electron chi connectivity index (χ0n) is 16.1. The number of benzene rings is 1. The highest BCUT2D eigenvalue weighted by atomic mass is 35.5. The summed E-state index contributed by atoms with van der Waals surface area (Å²) >= 11 is 7.53. The lowest BCUT2D eigenvalue weighted by molar-refractivity contribution is 0.509. The molecule has 1 aromatic carbocycles. The van der Waals surface area contributed by atoms with Crippen molar-refractivity contribution in [3.63, 3.8) is 0 Å². The molecule has 0 saturated heterocycles. The van der Waals surface area contributed by atoms with Crippen molar-refractivity contribution in [2.45, 2.75) is 45.1 Å². The summed E-state index contributed by atoms with van der Waals surface area (Å²) < 4.78 is 4.06. The van der Waals surface area contributed by atoms with Crippen LogP contribution in [-0.4, -0.2) is 25.7 Å². The number of halogens is 1. The quantitative estimate of drug-likeness (QED) is 0.404. The van der Waals surface area contributed by atoms with E-state index in [0.717, 1.165) is 28.0 Å². The minimum absolute atomic E-state index is 0.605. The molecule has 0 saturated carbocycles. The highest BCUT2D eigenvalue weighted by molar-refractivity contribution is 7.98.